The molecule has 1 aromatic carbocycles. The zero-order chi connectivity index (χ0) is 14.3. The third kappa shape index (κ3) is 2.41. The highest BCUT2D eigenvalue weighted by Crippen LogP contribution is 2.45. The van der Waals surface area contributed by atoms with E-state index in [1.165, 1.54) is 11.1 Å². The molecule has 1 aliphatic carbocycles. The van der Waals surface area contributed by atoms with Gasteiger partial charge in [0.25, 0.3) is 0 Å². The Morgan fingerprint density at radius 1 is 1.00 bits per heavy atom. The van der Waals surface area contributed by atoms with Crippen molar-refractivity contribution in [1.29, 1.82) is 0 Å². The van der Waals surface area contributed by atoms with Crippen LogP contribution in [0.4, 0.5) is 0 Å². The summed E-state index contributed by atoms with van der Waals surface area (Å²) in [7, 11) is 0. The van der Waals surface area contributed by atoms with Crippen molar-refractivity contribution in [1.82, 2.24) is 0 Å². The molecule has 3 nitrogen and oxygen atoms in total. The van der Waals surface area contributed by atoms with E-state index >= 15 is 0 Å². The summed E-state index contributed by atoms with van der Waals surface area (Å²) in [4.78, 5) is 0. The lowest BCUT2D eigenvalue weighted by Gasteiger charge is -2.47. The van der Waals surface area contributed by atoms with Crippen LogP contribution in [0, 0.1) is 5.92 Å². The summed E-state index contributed by atoms with van der Waals surface area (Å²) in [5, 5.41) is 11.3. The normalized spacial score (nSPS) is 30.2. The van der Waals surface area contributed by atoms with Crippen LogP contribution in [0.2, 0.25) is 0 Å². The van der Waals surface area contributed by atoms with Gasteiger partial charge in [-0.05, 0) is 42.7 Å². The lowest BCUT2D eigenvalue weighted by Crippen LogP contribution is -2.51. The average Bonchev–Trinajstić information content (AvgIpc) is 2.86. The molecular formula is C18H24O3. The fraction of sp³-hybridized carbons (Fsp3) is 0.667. The third-order valence-corrected chi connectivity index (χ3v) is 5.77. The molecule has 1 unspecified atom stereocenters. The van der Waals surface area contributed by atoms with Crippen LogP contribution < -0.4 is 0 Å². The number of benzene rings is 1. The van der Waals surface area contributed by atoms with E-state index in [1.807, 2.05) is 0 Å². The maximum Gasteiger partial charge on any atom is 0.0758 e. The van der Waals surface area contributed by atoms with Crippen LogP contribution in [0.15, 0.2) is 24.3 Å². The van der Waals surface area contributed by atoms with Crippen LogP contribution >= 0.6 is 0 Å². The smallest absolute Gasteiger partial charge is 0.0758 e. The van der Waals surface area contributed by atoms with Crippen molar-refractivity contribution in [3.63, 3.8) is 0 Å². The fourth-order valence-electron chi connectivity index (χ4n) is 4.49. The van der Waals surface area contributed by atoms with Gasteiger partial charge in [0.2, 0.25) is 0 Å². The molecule has 0 radical (unpaired) electrons. The Labute approximate surface area is 126 Å². The molecule has 4 rings (SSSR count). The van der Waals surface area contributed by atoms with Crippen LogP contribution in [0.5, 0.6) is 0 Å². The molecule has 2 saturated heterocycles. The highest BCUT2D eigenvalue weighted by Gasteiger charge is 2.48. The second-order valence-corrected chi connectivity index (χ2v) is 7.06. The molecule has 1 spiro atoms. The van der Waals surface area contributed by atoms with E-state index in [1.54, 1.807) is 0 Å². The van der Waals surface area contributed by atoms with Gasteiger partial charge in [-0.15, -0.1) is 0 Å². The lowest BCUT2D eigenvalue weighted by molar-refractivity contribution is -0.173. The Morgan fingerprint density at radius 2 is 1.67 bits per heavy atom. The first kappa shape index (κ1) is 13.7. The maximum atomic E-state index is 11.3. The summed E-state index contributed by atoms with van der Waals surface area (Å²) in [6, 6.07) is 8.48. The predicted octanol–water partition coefficient (Wildman–Crippen LogP) is 2.49. The minimum absolute atomic E-state index is 0.0360. The van der Waals surface area contributed by atoms with E-state index in [0.29, 0.717) is 5.92 Å². The maximum absolute atomic E-state index is 11.3. The van der Waals surface area contributed by atoms with E-state index < -0.39 is 5.60 Å². The van der Waals surface area contributed by atoms with E-state index in [2.05, 4.69) is 24.3 Å². The molecule has 114 valence electrons. The molecular weight excluding hydrogens is 264 g/mol. The molecule has 1 N–H and O–H groups in total. The predicted molar refractivity (Wildman–Crippen MR) is 80.3 cm³/mol. The molecule has 1 aromatic rings. The topological polar surface area (TPSA) is 38.7 Å². The molecule has 3 heteroatoms. The Bertz CT molecular complexity index is 488. The number of ether oxygens (including phenoxy) is 2. The summed E-state index contributed by atoms with van der Waals surface area (Å²) >= 11 is 0. The van der Waals surface area contributed by atoms with Crippen molar-refractivity contribution in [2.24, 2.45) is 5.92 Å². The van der Waals surface area contributed by atoms with Gasteiger partial charge in [0.15, 0.2) is 0 Å². The number of hydrogen-bond donors (Lipinski definition) is 1. The van der Waals surface area contributed by atoms with Crippen molar-refractivity contribution in [2.75, 3.05) is 19.8 Å². The average molecular weight is 288 g/mol. The first-order valence-electron chi connectivity index (χ1n) is 8.20. The molecule has 0 amide bonds. The largest absolute Gasteiger partial charge is 0.389 e. The van der Waals surface area contributed by atoms with E-state index in [9.17, 15) is 5.11 Å². The summed E-state index contributed by atoms with van der Waals surface area (Å²) in [6.07, 6.45) is 5.54. The minimum Gasteiger partial charge on any atom is -0.389 e. The van der Waals surface area contributed by atoms with Crippen LogP contribution in [0.25, 0.3) is 0 Å². The molecule has 2 fully saturated rings. The van der Waals surface area contributed by atoms with Gasteiger partial charge < -0.3 is 14.6 Å². The van der Waals surface area contributed by atoms with Crippen molar-refractivity contribution >= 4 is 0 Å². The lowest BCUT2D eigenvalue weighted by atomic mass is 9.72. The molecule has 0 saturated carbocycles. The number of hydrogen-bond acceptors (Lipinski definition) is 3. The van der Waals surface area contributed by atoms with Crippen molar-refractivity contribution in [2.45, 2.75) is 49.7 Å². The van der Waals surface area contributed by atoms with Gasteiger partial charge in [-0.25, -0.2) is 0 Å². The Kier molecular flexibility index (Phi) is 3.32. The Morgan fingerprint density at radius 3 is 2.33 bits per heavy atom. The number of aliphatic hydroxyl groups is 1. The van der Waals surface area contributed by atoms with Crippen molar-refractivity contribution < 1.29 is 14.6 Å². The molecule has 0 bridgehead atoms. The van der Waals surface area contributed by atoms with Gasteiger partial charge in [-0.1, -0.05) is 24.3 Å². The molecule has 2 aliphatic heterocycles. The highest BCUT2D eigenvalue weighted by atomic mass is 16.5. The fourth-order valence-corrected chi connectivity index (χ4v) is 4.49. The van der Waals surface area contributed by atoms with Crippen LogP contribution in [0.1, 0.15) is 36.8 Å². The van der Waals surface area contributed by atoms with Gasteiger partial charge in [-0.2, -0.15) is 0 Å². The quantitative estimate of drug-likeness (QED) is 0.863. The summed E-state index contributed by atoms with van der Waals surface area (Å²) < 4.78 is 11.6. The number of rotatable bonds is 1. The zero-order valence-corrected chi connectivity index (χ0v) is 12.5. The molecule has 21 heavy (non-hydrogen) atoms. The first-order chi connectivity index (χ1) is 10.2. The summed E-state index contributed by atoms with van der Waals surface area (Å²) in [5.74, 6) is 0.344. The molecule has 2 heterocycles. The molecule has 3 aliphatic rings. The van der Waals surface area contributed by atoms with Gasteiger partial charge in [0.05, 0.1) is 11.2 Å². The summed E-state index contributed by atoms with van der Waals surface area (Å²) in [5.41, 5.74) is 2.05. The third-order valence-electron chi connectivity index (χ3n) is 5.77. The second-order valence-electron chi connectivity index (χ2n) is 7.06. The van der Waals surface area contributed by atoms with E-state index in [0.717, 1.165) is 58.3 Å². The van der Waals surface area contributed by atoms with Gasteiger partial charge in [-0.3, -0.25) is 0 Å². The zero-order valence-electron chi connectivity index (χ0n) is 12.5. The van der Waals surface area contributed by atoms with Crippen molar-refractivity contribution in [3.8, 4) is 0 Å². The minimum atomic E-state index is -0.571. The molecule has 1 atom stereocenters. The highest BCUT2D eigenvalue weighted by molar-refractivity contribution is 5.35. The SMILES string of the molecule is OC1(C2CCOC3(CCOCC3)C2)Cc2ccccc2C1. The van der Waals surface area contributed by atoms with Gasteiger partial charge in [0.1, 0.15) is 0 Å². The van der Waals surface area contributed by atoms with Crippen LogP contribution in [-0.2, 0) is 22.3 Å². The van der Waals surface area contributed by atoms with Gasteiger partial charge in [0, 0.05) is 32.7 Å². The van der Waals surface area contributed by atoms with Gasteiger partial charge >= 0.3 is 0 Å². The summed E-state index contributed by atoms with van der Waals surface area (Å²) in [6.45, 7) is 2.38. The molecule has 0 aromatic heterocycles. The Balaban J connectivity index is 1.54. The second kappa shape index (κ2) is 5.08. The monoisotopic (exact) mass is 288 g/mol. The van der Waals surface area contributed by atoms with E-state index in [-0.39, 0.29) is 5.60 Å². The van der Waals surface area contributed by atoms with Crippen molar-refractivity contribution in [3.05, 3.63) is 35.4 Å². The van der Waals surface area contributed by atoms with Crippen LogP contribution in [0.3, 0.4) is 0 Å². The van der Waals surface area contributed by atoms with Crippen LogP contribution in [-0.4, -0.2) is 36.1 Å². The number of fused-ring (bicyclic) bond motifs is 1. The Hall–Kier alpha value is -0.900. The standard InChI is InChI=1S/C18H24O3/c19-18(11-14-3-1-2-4-15(14)12-18)16-5-8-21-17(13-16)6-9-20-10-7-17/h1-4,16,19H,5-13H2. The first-order valence-corrected chi connectivity index (χ1v) is 8.20. The van der Waals surface area contributed by atoms with E-state index in [4.69, 9.17) is 9.47 Å².